The van der Waals surface area contributed by atoms with Gasteiger partial charge in [-0.25, -0.2) is 4.98 Å². The second-order valence-corrected chi connectivity index (χ2v) is 5.16. The van der Waals surface area contributed by atoms with Gasteiger partial charge in [-0.3, -0.25) is 0 Å². The third kappa shape index (κ3) is 2.89. The highest BCUT2D eigenvalue weighted by Crippen LogP contribution is 2.29. The lowest BCUT2D eigenvalue weighted by molar-refractivity contribution is 0.611. The number of aromatic amines is 1. The Morgan fingerprint density at radius 2 is 2.20 bits per heavy atom. The van der Waals surface area contributed by atoms with Gasteiger partial charge >= 0.3 is 0 Å². The molecule has 0 radical (unpaired) electrons. The summed E-state index contributed by atoms with van der Waals surface area (Å²) < 4.78 is 5.55. The number of oxazole rings is 1. The number of H-pyrrole nitrogens is 1. The molecular weight excluding hydrogens is 299 g/mol. The molecule has 2 heterocycles. The molecule has 0 fully saturated rings. The van der Waals surface area contributed by atoms with Crippen LogP contribution in [0.4, 0.5) is 6.01 Å². The Hall–Kier alpha value is -1.72. The van der Waals surface area contributed by atoms with Gasteiger partial charge in [0.25, 0.3) is 6.01 Å². The molecule has 20 heavy (non-hydrogen) atoms. The molecule has 0 aliphatic rings. The average Bonchev–Trinajstić information content (AvgIpc) is 3.03. The van der Waals surface area contributed by atoms with Gasteiger partial charge in [0.1, 0.15) is 11.3 Å². The van der Waals surface area contributed by atoms with Gasteiger partial charge in [-0.15, -0.1) is 0 Å². The number of nitrogens with zero attached hydrogens (tertiary/aromatic N) is 2. The Kier molecular flexibility index (Phi) is 3.80. The summed E-state index contributed by atoms with van der Waals surface area (Å²) in [7, 11) is 0. The molecule has 0 aliphatic carbocycles. The monoisotopic (exact) mass is 310 g/mol. The zero-order valence-electron chi connectivity index (χ0n) is 10.5. The summed E-state index contributed by atoms with van der Waals surface area (Å²) in [6.07, 6.45) is 5.35. The predicted octanol–water partition coefficient (Wildman–Crippen LogP) is 3.90. The van der Waals surface area contributed by atoms with Gasteiger partial charge in [-0.1, -0.05) is 23.2 Å². The van der Waals surface area contributed by atoms with E-state index in [2.05, 4.69) is 20.3 Å². The SMILES string of the molecule is Clc1cc(Cl)c2oc(NCCCc3ncc[nH]3)nc2c1. The van der Waals surface area contributed by atoms with Crippen molar-refractivity contribution in [2.45, 2.75) is 12.8 Å². The van der Waals surface area contributed by atoms with Crippen molar-refractivity contribution in [3.63, 3.8) is 0 Å². The van der Waals surface area contributed by atoms with Crippen molar-refractivity contribution >= 4 is 40.3 Å². The number of fused-ring (bicyclic) bond motifs is 1. The molecule has 2 aromatic heterocycles. The van der Waals surface area contributed by atoms with Crippen LogP contribution in [0.25, 0.3) is 11.1 Å². The molecule has 5 nitrogen and oxygen atoms in total. The van der Waals surface area contributed by atoms with Crippen LogP contribution in [0.1, 0.15) is 12.2 Å². The molecule has 7 heteroatoms. The summed E-state index contributed by atoms with van der Waals surface area (Å²) in [6, 6.07) is 3.81. The van der Waals surface area contributed by atoms with Crippen LogP contribution in [0.5, 0.6) is 0 Å². The maximum absolute atomic E-state index is 6.05. The fourth-order valence-electron chi connectivity index (χ4n) is 1.92. The molecule has 2 N–H and O–H groups in total. The van der Waals surface area contributed by atoms with Gasteiger partial charge in [0.05, 0.1) is 5.02 Å². The number of imidazole rings is 1. The van der Waals surface area contributed by atoms with E-state index in [-0.39, 0.29) is 0 Å². The van der Waals surface area contributed by atoms with Gasteiger partial charge in [-0.05, 0) is 18.6 Å². The maximum atomic E-state index is 6.05. The number of nitrogens with one attached hydrogen (secondary N) is 2. The number of aryl methyl sites for hydroxylation is 1. The minimum absolute atomic E-state index is 0.448. The topological polar surface area (TPSA) is 66.7 Å². The van der Waals surface area contributed by atoms with Crippen LogP contribution in [0.15, 0.2) is 28.9 Å². The van der Waals surface area contributed by atoms with E-state index in [1.54, 1.807) is 18.3 Å². The normalized spacial score (nSPS) is 11.1. The lowest BCUT2D eigenvalue weighted by Crippen LogP contribution is -2.03. The first-order valence-electron chi connectivity index (χ1n) is 6.20. The summed E-state index contributed by atoms with van der Waals surface area (Å²) >= 11 is 12.0. The van der Waals surface area contributed by atoms with E-state index in [9.17, 15) is 0 Å². The number of rotatable bonds is 5. The van der Waals surface area contributed by atoms with Gasteiger partial charge in [0.15, 0.2) is 5.58 Å². The van der Waals surface area contributed by atoms with Crippen LogP contribution in [-0.2, 0) is 6.42 Å². The first-order chi connectivity index (χ1) is 9.72. The molecule has 104 valence electrons. The Morgan fingerprint density at radius 1 is 1.30 bits per heavy atom. The van der Waals surface area contributed by atoms with Crippen molar-refractivity contribution in [3.05, 3.63) is 40.4 Å². The number of aromatic nitrogens is 3. The number of hydrogen-bond acceptors (Lipinski definition) is 4. The van der Waals surface area contributed by atoms with E-state index in [4.69, 9.17) is 27.6 Å². The van der Waals surface area contributed by atoms with Gasteiger partial charge < -0.3 is 14.7 Å². The van der Waals surface area contributed by atoms with E-state index >= 15 is 0 Å². The van der Waals surface area contributed by atoms with Crippen LogP contribution in [0.2, 0.25) is 10.0 Å². The second kappa shape index (κ2) is 5.73. The highest BCUT2D eigenvalue weighted by Gasteiger charge is 2.10. The van der Waals surface area contributed by atoms with E-state index in [1.165, 1.54) is 0 Å². The van der Waals surface area contributed by atoms with Crippen LogP contribution in [-0.4, -0.2) is 21.5 Å². The zero-order chi connectivity index (χ0) is 13.9. The van der Waals surface area contributed by atoms with Crippen LogP contribution < -0.4 is 5.32 Å². The zero-order valence-corrected chi connectivity index (χ0v) is 12.0. The molecule has 0 amide bonds. The third-order valence-electron chi connectivity index (χ3n) is 2.83. The summed E-state index contributed by atoms with van der Waals surface area (Å²) in [6.45, 7) is 0.735. The fraction of sp³-hybridized carbons (Fsp3) is 0.231. The van der Waals surface area contributed by atoms with Gasteiger partial charge in [-0.2, -0.15) is 4.98 Å². The first kappa shape index (κ1) is 13.3. The molecule has 3 aromatic rings. The smallest absolute Gasteiger partial charge is 0.295 e. The Morgan fingerprint density at radius 3 is 3.00 bits per heavy atom. The quantitative estimate of drug-likeness (QED) is 0.701. The first-order valence-corrected chi connectivity index (χ1v) is 6.95. The Bertz CT molecular complexity index is 709. The van der Waals surface area contributed by atoms with E-state index in [0.29, 0.717) is 27.2 Å². The fourth-order valence-corrected chi connectivity index (χ4v) is 2.44. The number of halogens is 2. The standard InChI is InChI=1S/C13H12Cl2N4O/c14-8-6-9(15)12-10(7-8)19-13(20-12)18-3-1-2-11-16-4-5-17-11/h4-7H,1-3H2,(H,16,17)(H,18,19). The average molecular weight is 311 g/mol. The molecule has 3 rings (SSSR count). The molecule has 0 saturated carbocycles. The van der Waals surface area contributed by atoms with Crippen LogP contribution in [0.3, 0.4) is 0 Å². The van der Waals surface area contributed by atoms with Crippen molar-refractivity contribution in [1.29, 1.82) is 0 Å². The van der Waals surface area contributed by atoms with Gasteiger partial charge in [0.2, 0.25) is 0 Å². The number of benzene rings is 1. The lowest BCUT2D eigenvalue weighted by atomic mass is 10.3. The minimum Gasteiger partial charge on any atom is -0.422 e. The van der Waals surface area contributed by atoms with Gasteiger partial charge in [0, 0.05) is 30.4 Å². The lowest BCUT2D eigenvalue weighted by Gasteiger charge is -1.99. The summed E-state index contributed by atoms with van der Waals surface area (Å²) in [5.41, 5.74) is 1.20. The predicted molar refractivity (Wildman–Crippen MR) is 79.4 cm³/mol. The second-order valence-electron chi connectivity index (χ2n) is 4.32. The molecule has 1 aromatic carbocycles. The van der Waals surface area contributed by atoms with E-state index < -0.39 is 0 Å². The van der Waals surface area contributed by atoms with Crippen LogP contribution >= 0.6 is 23.2 Å². The number of hydrogen-bond donors (Lipinski definition) is 2. The molecule has 0 bridgehead atoms. The molecule has 0 aliphatic heterocycles. The van der Waals surface area contributed by atoms with Crippen molar-refractivity contribution in [3.8, 4) is 0 Å². The van der Waals surface area contributed by atoms with Crippen LogP contribution in [0, 0.1) is 0 Å². The third-order valence-corrected chi connectivity index (χ3v) is 3.33. The van der Waals surface area contributed by atoms with Crippen molar-refractivity contribution in [2.24, 2.45) is 0 Å². The highest BCUT2D eigenvalue weighted by atomic mass is 35.5. The maximum Gasteiger partial charge on any atom is 0.295 e. The largest absolute Gasteiger partial charge is 0.422 e. The number of anilines is 1. The Labute approximate surface area is 125 Å². The summed E-state index contributed by atoms with van der Waals surface area (Å²) in [5, 5.41) is 4.13. The molecule has 0 spiro atoms. The molecule has 0 unspecified atom stereocenters. The highest BCUT2D eigenvalue weighted by molar-refractivity contribution is 6.38. The molecular formula is C13H12Cl2N4O. The van der Waals surface area contributed by atoms with E-state index in [1.807, 2.05) is 6.20 Å². The van der Waals surface area contributed by atoms with Crippen molar-refractivity contribution in [1.82, 2.24) is 15.0 Å². The summed E-state index contributed by atoms with van der Waals surface area (Å²) in [5.74, 6) is 0.971. The van der Waals surface area contributed by atoms with Crippen molar-refractivity contribution < 1.29 is 4.42 Å². The van der Waals surface area contributed by atoms with E-state index in [0.717, 1.165) is 25.2 Å². The molecule has 0 saturated heterocycles. The molecule has 0 atom stereocenters. The summed E-state index contributed by atoms with van der Waals surface area (Å²) in [4.78, 5) is 11.5. The van der Waals surface area contributed by atoms with Crippen molar-refractivity contribution in [2.75, 3.05) is 11.9 Å². The Balaban J connectivity index is 1.61. The minimum atomic E-state index is 0.448.